The molecule has 0 radical (unpaired) electrons. The second kappa shape index (κ2) is 4.28. The molecule has 14 heavy (non-hydrogen) atoms. The monoisotopic (exact) mass is 214 g/mol. The molecular formula is C9H11ClN2O2. The average molecular weight is 215 g/mol. The van der Waals surface area contributed by atoms with Crippen LogP contribution in [0.2, 0.25) is 0 Å². The molecule has 1 aromatic rings. The molecule has 0 aliphatic rings. The highest BCUT2D eigenvalue weighted by atomic mass is 35.5. The van der Waals surface area contributed by atoms with Crippen LogP contribution in [0.4, 0.5) is 0 Å². The number of carboxylic acids is 1. The number of carbonyl (C=O) groups is 1. The molecule has 0 aliphatic heterocycles. The maximum Gasteiger partial charge on any atom is 0.339 e. The summed E-state index contributed by atoms with van der Waals surface area (Å²) >= 11 is 5.50. The highest BCUT2D eigenvalue weighted by molar-refractivity contribution is 6.25. The Bertz CT molecular complexity index is 382. The normalized spacial score (nSPS) is 11.8. The van der Waals surface area contributed by atoms with Crippen molar-refractivity contribution >= 4 is 17.6 Å². The summed E-state index contributed by atoms with van der Waals surface area (Å²) in [5, 5.41) is 12.7. The maximum absolute atomic E-state index is 10.7. The number of aromatic carboxylic acids is 1. The van der Waals surface area contributed by atoms with E-state index >= 15 is 0 Å². The Balaban J connectivity index is 2.96. The molecule has 76 valence electrons. The molecule has 0 atom stereocenters. The molecule has 0 spiro atoms. The summed E-state index contributed by atoms with van der Waals surface area (Å²) in [6.07, 6.45) is 1.35. The molecule has 0 amide bonds. The van der Waals surface area contributed by atoms with Crippen LogP contribution >= 0.6 is 11.6 Å². The minimum Gasteiger partial charge on any atom is -0.478 e. The summed E-state index contributed by atoms with van der Waals surface area (Å²) in [6, 6.07) is 0. The number of hydrogen-bond acceptors (Lipinski definition) is 2. The standard InChI is InChI=1S/C9H11ClN2O2/c1-6(3-10)5-12-7(2)8(4-11-12)9(13)14/h3-4H,5H2,1-2H3,(H,13,14). The van der Waals surface area contributed by atoms with Gasteiger partial charge in [0, 0.05) is 5.54 Å². The van der Waals surface area contributed by atoms with Gasteiger partial charge in [-0.1, -0.05) is 11.6 Å². The van der Waals surface area contributed by atoms with Crippen LogP contribution in [0.3, 0.4) is 0 Å². The zero-order chi connectivity index (χ0) is 10.7. The predicted octanol–water partition coefficient (Wildman–Crippen LogP) is 2.03. The van der Waals surface area contributed by atoms with E-state index in [0.29, 0.717) is 12.2 Å². The summed E-state index contributed by atoms with van der Waals surface area (Å²) < 4.78 is 1.61. The van der Waals surface area contributed by atoms with Gasteiger partial charge in [-0.15, -0.1) is 0 Å². The summed E-state index contributed by atoms with van der Waals surface area (Å²) in [5.74, 6) is -0.957. The molecule has 0 aliphatic carbocycles. The first-order chi connectivity index (χ1) is 6.56. The lowest BCUT2D eigenvalue weighted by Crippen LogP contribution is -2.05. The lowest BCUT2D eigenvalue weighted by atomic mass is 10.2. The van der Waals surface area contributed by atoms with Crippen LogP contribution in [0.1, 0.15) is 23.0 Å². The smallest absolute Gasteiger partial charge is 0.339 e. The zero-order valence-corrected chi connectivity index (χ0v) is 8.75. The van der Waals surface area contributed by atoms with Crippen LogP contribution in [0.15, 0.2) is 17.3 Å². The number of carboxylic acid groups (broad SMARTS) is 1. The van der Waals surface area contributed by atoms with Crippen LogP contribution < -0.4 is 0 Å². The first-order valence-corrected chi connectivity index (χ1v) is 4.51. The minimum absolute atomic E-state index is 0.229. The van der Waals surface area contributed by atoms with Gasteiger partial charge in [0.2, 0.25) is 0 Å². The molecule has 0 saturated heterocycles. The van der Waals surface area contributed by atoms with Gasteiger partial charge in [-0.25, -0.2) is 4.79 Å². The molecule has 1 aromatic heterocycles. The highest BCUT2D eigenvalue weighted by Gasteiger charge is 2.12. The molecule has 0 aromatic carbocycles. The van der Waals surface area contributed by atoms with Crippen molar-refractivity contribution in [1.82, 2.24) is 9.78 Å². The Kier molecular flexibility index (Phi) is 3.30. The van der Waals surface area contributed by atoms with Crippen molar-refractivity contribution < 1.29 is 9.90 Å². The van der Waals surface area contributed by atoms with Crippen LogP contribution in [0.5, 0.6) is 0 Å². The zero-order valence-electron chi connectivity index (χ0n) is 7.99. The van der Waals surface area contributed by atoms with Crippen molar-refractivity contribution in [1.29, 1.82) is 0 Å². The number of hydrogen-bond donors (Lipinski definition) is 1. The van der Waals surface area contributed by atoms with Crippen molar-refractivity contribution in [2.45, 2.75) is 20.4 Å². The minimum atomic E-state index is -0.957. The molecule has 4 nitrogen and oxygen atoms in total. The van der Waals surface area contributed by atoms with Crippen molar-refractivity contribution in [2.24, 2.45) is 0 Å². The van der Waals surface area contributed by atoms with Crippen LogP contribution in [-0.4, -0.2) is 20.9 Å². The van der Waals surface area contributed by atoms with Gasteiger partial charge < -0.3 is 5.11 Å². The number of aromatic nitrogens is 2. The van der Waals surface area contributed by atoms with Gasteiger partial charge in [-0.05, 0) is 19.4 Å². The molecule has 0 saturated carbocycles. The average Bonchev–Trinajstić information content (AvgIpc) is 2.48. The Morgan fingerprint density at radius 2 is 2.43 bits per heavy atom. The van der Waals surface area contributed by atoms with Gasteiger partial charge >= 0.3 is 5.97 Å². The summed E-state index contributed by atoms with van der Waals surface area (Å²) in [5.41, 5.74) is 3.25. The Labute approximate surface area is 86.8 Å². The third kappa shape index (κ3) is 2.14. The lowest BCUT2D eigenvalue weighted by molar-refractivity contribution is 0.0696. The molecule has 0 unspecified atom stereocenters. The topological polar surface area (TPSA) is 55.1 Å². The Morgan fingerprint density at radius 3 is 2.86 bits per heavy atom. The predicted molar refractivity (Wildman–Crippen MR) is 53.5 cm³/mol. The van der Waals surface area contributed by atoms with E-state index in [1.165, 1.54) is 11.7 Å². The van der Waals surface area contributed by atoms with Gasteiger partial charge in [0.15, 0.2) is 0 Å². The van der Waals surface area contributed by atoms with Gasteiger partial charge in [0.25, 0.3) is 0 Å². The molecule has 1 heterocycles. The van der Waals surface area contributed by atoms with Gasteiger partial charge in [0.05, 0.1) is 18.4 Å². The number of halogens is 1. The maximum atomic E-state index is 10.7. The molecule has 1 N–H and O–H groups in total. The molecular weight excluding hydrogens is 204 g/mol. The summed E-state index contributed by atoms with van der Waals surface area (Å²) in [4.78, 5) is 10.7. The van der Waals surface area contributed by atoms with E-state index < -0.39 is 5.97 Å². The van der Waals surface area contributed by atoms with Crippen LogP contribution in [0.25, 0.3) is 0 Å². The fraction of sp³-hybridized carbons (Fsp3) is 0.333. The van der Waals surface area contributed by atoms with Crippen molar-refractivity contribution in [3.63, 3.8) is 0 Å². The third-order valence-corrected chi connectivity index (χ3v) is 2.29. The SMILES string of the molecule is CC(=CCl)Cn1ncc(C(=O)O)c1C. The fourth-order valence-electron chi connectivity index (χ4n) is 1.09. The van der Waals surface area contributed by atoms with E-state index in [9.17, 15) is 4.79 Å². The van der Waals surface area contributed by atoms with Crippen molar-refractivity contribution in [3.8, 4) is 0 Å². The number of rotatable bonds is 3. The van der Waals surface area contributed by atoms with Gasteiger partial charge in [-0.3, -0.25) is 4.68 Å². The summed E-state index contributed by atoms with van der Waals surface area (Å²) in [7, 11) is 0. The van der Waals surface area contributed by atoms with Gasteiger partial charge in [0.1, 0.15) is 5.56 Å². The van der Waals surface area contributed by atoms with Crippen LogP contribution in [0, 0.1) is 6.92 Å². The third-order valence-electron chi connectivity index (χ3n) is 1.92. The molecule has 0 bridgehead atoms. The number of nitrogens with zero attached hydrogens (tertiary/aromatic N) is 2. The first kappa shape index (κ1) is 10.8. The second-order valence-electron chi connectivity index (χ2n) is 3.06. The largest absolute Gasteiger partial charge is 0.478 e. The van der Waals surface area contributed by atoms with E-state index in [4.69, 9.17) is 16.7 Å². The molecule has 5 heteroatoms. The molecule has 0 fully saturated rings. The van der Waals surface area contributed by atoms with Gasteiger partial charge in [-0.2, -0.15) is 5.10 Å². The van der Waals surface area contributed by atoms with E-state index in [1.54, 1.807) is 11.6 Å². The second-order valence-corrected chi connectivity index (χ2v) is 3.28. The van der Waals surface area contributed by atoms with E-state index in [1.807, 2.05) is 6.92 Å². The van der Waals surface area contributed by atoms with E-state index in [0.717, 1.165) is 5.57 Å². The Hall–Kier alpha value is -1.29. The van der Waals surface area contributed by atoms with Crippen molar-refractivity contribution in [3.05, 3.63) is 28.6 Å². The molecule has 1 rings (SSSR count). The van der Waals surface area contributed by atoms with Crippen molar-refractivity contribution in [2.75, 3.05) is 0 Å². The lowest BCUT2D eigenvalue weighted by Gasteiger charge is -2.03. The fourth-order valence-corrected chi connectivity index (χ4v) is 1.16. The van der Waals surface area contributed by atoms with E-state index in [-0.39, 0.29) is 5.56 Å². The number of allylic oxidation sites excluding steroid dienone is 1. The van der Waals surface area contributed by atoms with E-state index in [2.05, 4.69) is 5.10 Å². The summed E-state index contributed by atoms with van der Waals surface area (Å²) in [6.45, 7) is 4.09. The quantitative estimate of drug-likeness (QED) is 0.838. The van der Waals surface area contributed by atoms with Crippen LogP contribution in [-0.2, 0) is 6.54 Å². The highest BCUT2D eigenvalue weighted by Crippen LogP contribution is 2.09. The first-order valence-electron chi connectivity index (χ1n) is 4.07. The Morgan fingerprint density at radius 1 is 1.79 bits per heavy atom.